The van der Waals surface area contributed by atoms with Gasteiger partial charge in [0.1, 0.15) is 12.6 Å². The van der Waals surface area contributed by atoms with Crippen molar-refractivity contribution in [1.82, 2.24) is 0 Å². The van der Waals surface area contributed by atoms with Crippen molar-refractivity contribution >= 4 is 34.5 Å². The van der Waals surface area contributed by atoms with Gasteiger partial charge in [-0.3, -0.25) is 4.79 Å². The van der Waals surface area contributed by atoms with Crippen LogP contribution in [0.15, 0.2) is 0 Å². The van der Waals surface area contributed by atoms with Gasteiger partial charge in [-0.2, -0.15) is 13.2 Å². The molecule has 0 atom stereocenters. The van der Waals surface area contributed by atoms with E-state index in [0.717, 1.165) is 30.2 Å². The second-order valence-electron chi connectivity index (χ2n) is 3.36. The standard InChI is InChI=1S/C8H16INO2.C2HF3O2/c9-5-7-12-8(11)4-2-1-3-6-10;3-2(4,5)1(6)7/h1-7,10H2;(H,6,7). The maximum Gasteiger partial charge on any atom is 0.430 e. The molecule has 0 aliphatic carbocycles. The predicted octanol–water partition coefficient (Wildman–Crippen LogP) is 0.0655. The van der Waals surface area contributed by atoms with Crippen LogP contribution in [0.2, 0.25) is 0 Å². The maximum atomic E-state index is 10.9. The van der Waals surface area contributed by atoms with Crippen molar-refractivity contribution < 1.29 is 38.3 Å². The normalized spacial score (nSPS) is 10.4. The Bertz CT molecular complexity index is 262. The lowest BCUT2D eigenvalue weighted by Gasteiger charge is -2.03. The molecule has 5 nitrogen and oxygen atoms in total. The summed E-state index contributed by atoms with van der Waals surface area (Å²) in [7, 11) is 0. The van der Waals surface area contributed by atoms with Crippen molar-refractivity contribution in [3.05, 3.63) is 0 Å². The Morgan fingerprint density at radius 1 is 1.21 bits per heavy atom. The van der Waals surface area contributed by atoms with Gasteiger partial charge in [-0.05, 0) is 19.3 Å². The molecule has 0 aliphatic rings. The molecule has 0 saturated heterocycles. The SMILES string of the molecule is O=C([O-])C(F)(F)F.[NH3+]CCCCCC(=O)OCCI. The third-order valence-electron chi connectivity index (χ3n) is 1.70. The first kappa shape index (κ1) is 20.7. The van der Waals surface area contributed by atoms with E-state index in [9.17, 15) is 18.0 Å². The van der Waals surface area contributed by atoms with Crippen LogP contribution in [0.4, 0.5) is 13.2 Å². The highest BCUT2D eigenvalue weighted by Gasteiger charge is 2.28. The van der Waals surface area contributed by atoms with E-state index in [0.29, 0.717) is 13.0 Å². The van der Waals surface area contributed by atoms with Gasteiger partial charge in [-0.15, -0.1) is 0 Å². The highest BCUT2D eigenvalue weighted by Crippen LogP contribution is 2.11. The molecular weight excluding hydrogens is 382 g/mol. The summed E-state index contributed by atoms with van der Waals surface area (Å²) in [6.45, 7) is 1.51. The van der Waals surface area contributed by atoms with Crippen LogP contribution in [-0.4, -0.2) is 35.7 Å². The highest BCUT2D eigenvalue weighted by molar-refractivity contribution is 14.1. The summed E-state index contributed by atoms with van der Waals surface area (Å²) in [5, 5.41) is 8.78. The molecule has 0 aromatic carbocycles. The van der Waals surface area contributed by atoms with E-state index in [-0.39, 0.29) is 5.97 Å². The maximum absolute atomic E-state index is 10.9. The second-order valence-corrected chi connectivity index (χ2v) is 4.44. The number of alkyl halides is 4. The zero-order valence-electron chi connectivity index (χ0n) is 10.3. The molecule has 0 spiro atoms. The first-order valence-electron chi connectivity index (χ1n) is 5.54. The molecule has 0 fully saturated rings. The Kier molecular flexibility index (Phi) is 13.6. The molecule has 19 heavy (non-hydrogen) atoms. The summed E-state index contributed by atoms with van der Waals surface area (Å²) in [4.78, 5) is 19.7. The minimum Gasteiger partial charge on any atom is -0.542 e. The van der Waals surface area contributed by atoms with Crippen LogP contribution in [0.25, 0.3) is 0 Å². The number of carboxylic acid groups (broad SMARTS) is 1. The molecule has 0 aromatic heterocycles. The van der Waals surface area contributed by atoms with Gasteiger partial charge in [0.25, 0.3) is 0 Å². The molecule has 114 valence electrons. The number of unbranched alkanes of at least 4 members (excludes halogenated alkanes) is 2. The number of halogens is 4. The van der Waals surface area contributed by atoms with Crippen molar-refractivity contribution in [2.45, 2.75) is 31.9 Å². The Hall–Kier alpha value is -0.580. The molecule has 0 unspecified atom stereocenters. The van der Waals surface area contributed by atoms with Gasteiger partial charge >= 0.3 is 12.1 Å². The van der Waals surface area contributed by atoms with Gasteiger partial charge in [0, 0.05) is 10.8 Å². The molecule has 0 saturated carbocycles. The van der Waals surface area contributed by atoms with Gasteiger partial charge in [-0.25, -0.2) is 0 Å². The average Bonchev–Trinajstić information content (AvgIpc) is 2.31. The lowest BCUT2D eigenvalue weighted by atomic mass is 10.2. The number of carbonyl (C=O) groups excluding carboxylic acids is 2. The fourth-order valence-electron chi connectivity index (χ4n) is 0.847. The van der Waals surface area contributed by atoms with Gasteiger partial charge in [0.2, 0.25) is 0 Å². The monoisotopic (exact) mass is 399 g/mol. The van der Waals surface area contributed by atoms with Crippen molar-refractivity contribution in [2.24, 2.45) is 0 Å². The molecular formula is C10H17F3INO4. The van der Waals surface area contributed by atoms with Crippen molar-refractivity contribution in [3.8, 4) is 0 Å². The number of rotatable bonds is 7. The van der Waals surface area contributed by atoms with Gasteiger partial charge < -0.3 is 20.4 Å². The molecule has 0 heterocycles. The Morgan fingerprint density at radius 2 is 1.74 bits per heavy atom. The number of carboxylic acids is 1. The minimum atomic E-state index is -5.19. The van der Waals surface area contributed by atoms with E-state index in [2.05, 4.69) is 28.3 Å². The van der Waals surface area contributed by atoms with Crippen molar-refractivity contribution in [1.29, 1.82) is 0 Å². The summed E-state index contributed by atoms with van der Waals surface area (Å²) >= 11 is 2.19. The third kappa shape index (κ3) is 17.4. The van der Waals surface area contributed by atoms with Gasteiger partial charge in [-0.1, -0.05) is 22.6 Å². The molecule has 0 aromatic rings. The van der Waals surface area contributed by atoms with Crippen LogP contribution >= 0.6 is 22.6 Å². The van der Waals surface area contributed by atoms with Gasteiger partial charge in [0.05, 0.1) is 6.54 Å². The number of esters is 1. The van der Waals surface area contributed by atoms with Crippen LogP contribution in [0.1, 0.15) is 25.7 Å². The Morgan fingerprint density at radius 3 is 2.11 bits per heavy atom. The number of carbonyl (C=O) groups is 2. The topological polar surface area (TPSA) is 94.1 Å². The minimum absolute atomic E-state index is 0.0595. The van der Waals surface area contributed by atoms with E-state index >= 15 is 0 Å². The largest absolute Gasteiger partial charge is 0.542 e. The summed E-state index contributed by atoms with van der Waals surface area (Å²) < 4.78 is 37.3. The van der Waals surface area contributed by atoms with Gasteiger partial charge in [0.15, 0.2) is 0 Å². The molecule has 0 amide bonds. The predicted molar refractivity (Wildman–Crippen MR) is 67.1 cm³/mol. The van der Waals surface area contributed by atoms with Crippen LogP contribution in [-0.2, 0) is 14.3 Å². The number of quaternary nitrogens is 1. The van der Waals surface area contributed by atoms with Crippen LogP contribution in [0, 0.1) is 0 Å². The number of hydrogen-bond donors (Lipinski definition) is 1. The number of aliphatic carboxylic acids is 1. The molecule has 0 radical (unpaired) electrons. The van der Waals surface area contributed by atoms with E-state index in [1.807, 2.05) is 0 Å². The smallest absolute Gasteiger partial charge is 0.430 e. The van der Waals surface area contributed by atoms with Crippen molar-refractivity contribution in [3.63, 3.8) is 0 Å². The first-order chi connectivity index (χ1) is 8.75. The summed E-state index contributed by atoms with van der Waals surface area (Å²) in [5.41, 5.74) is 3.73. The molecule has 0 rings (SSSR count). The fraction of sp³-hybridized carbons (Fsp3) is 0.800. The summed E-state index contributed by atoms with van der Waals surface area (Å²) in [6, 6.07) is 0. The Labute approximate surface area is 122 Å². The average molecular weight is 399 g/mol. The summed E-state index contributed by atoms with van der Waals surface area (Å²) in [5.74, 6) is -3.07. The van der Waals surface area contributed by atoms with E-state index in [4.69, 9.17) is 14.6 Å². The highest BCUT2D eigenvalue weighted by atomic mass is 127. The van der Waals surface area contributed by atoms with Crippen LogP contribution < -0.4 is 10.8 Å². The number of ether oxygens (including phenoxy) is 1. The fourth-order valence-corrected chi connectivity index (χ4v) is 1.07. The quantitative estimate of drug-likeness (QED) is 0.284. The zero-order chi connectivity index (χ0) is 15.3. The first-order valence-corrected chi connectivity index (χ1v) is 7.07. The lowest BCUT2D eigenvalue weighted by Crippen LogP contribution is -2.50. The van der Waals surface area contributed by atoms with E-state index in [1.165, 1.54) is 0 Å². The van der Waals surface area contributed by atoms with Crippen LogP contribution in [0.5, 0.6) is 0 Å². The third-order valence-corrected chi connectivity index (χ3v) is 2.14. The number of hydrogen-bond acceptors (Lipinski definition) is 4. The van der Waals surface area contributed by atoms with E-state index < -0.39 is 12.1 Å². The van der Waals surface area contributed by atoms with Crippen LogP contribution in [0.3, 0.4) is 0 Å². The molecule has 9 heteroatoms. The second kappa shape index (κ2) is 12.5. The molecule has 3 N–H and O–H groups in total. The lowest BCUT2D eigenvalue weighted by molar-refractivity contribution is -0.368. The molecule has 0 bridgehead atoms. The zero-order valence-corrected chi connectivity index (χ0v) is 12.5. The van der Waals surface area contributed by atoms with E-state index in [1.54, 1.807) is 0 Å². The molecule has 0 aliphatic heterocycles. The van der Waals surface area contributed by atoms with Crippen molar-refractivity contribution in [2.75, 3.05) is 17.6 Å². The Balaban J connectivity index is 0. The summed E-state index contributed by atoms with van der Waals surface area (Å²) in [6.07, 6.45) is -1.49.